The van der Waals surface area contributed by atoms with E-state index >= 15 is 0 Å². The summed E-state index contributed by atoms with van der Waals surface area (Å²) in [6.45, 7) is 2.36. The molecular formula is C25H23N5O2S. The van der Waals surface area contributed by atoms with Crippen LogP contribution in [0.3, 0.4) is 0 Å². The summed E-state index contributed by atoms with van der Waals surface area (Å²) in [4.78, 5) is 4.78. The Balaban J connectivity index is 1.38. The molecule has 0 N–H and O–H groups in total. The molecule has 33 heavy (non-hydrogen) atoms. The Morgan fingerprint density at radius 3 is 2.45 bits per heavy atom. The highest BCUT2D eigenvalue weighted by atomic mass is 32.2. The van der Waals surface area contributed by atoms with Gasteiger partial charge in [0.1, 0.15) is 23.8 Å². The smallest absolute Gasteiger partial charge is 0.196 e. The summed E-state index contributed by atoms with van der Waals surface area (Å²) in [7, 11) is 1.64. The van der Waals surface area contributed by atoms with Crippen molar-refractivity contribution in [2.75, 3.05) is 7.11 Å². The summed E-state index contributed by atoms with van der Waals surface area (Å²) in [5.41, 5.74) is 4.11. The highest BCUT2D eigenvalue weighted by Gasteiger charge is 2.16. The first-order valence-corrected chi connectivity index (χ1v) is 11.5. The summed E-state index contributed by atoms with van der Waals surface area (Å²) in [6, 6.07) is 21.7. The summed E-state index contributed by atoms with van der Waals surface area (Å²) in [5, 5.41) is 9.68. The van der Waals surface area contributed by atoms with Gasteiger partial charge < -0.3 is 13.9 Å². The Bertz CT molecular complexity index is 1360. The van der Waals surface area contributed by atoms with E-state index in [1.165, 1.54) is 0 Å². The number of hydrogen-bond donors (Lipinski definition) is 0. The van der Waals surface area contributed by atoms with E-state index < -0.39 is 0 Å². The van der Waals surface area contributed by atoms with E-state index in [1.807, 2.05) is 71.4 Å². The zero-order valence-electron chi connectivity index (χ0n) is 18.4. The number of hydrogen-bond acceptors (Lipinski definition) is 6. The van der Waals surface area contributed by atoms with Crippen LogP contribution in [-0.4, -0.2) is 31.3 Å². The van der Waals surface area contributed by atoms with Gasteiger partial charge in [-0.3, -0.25) is 4.57 Å². The van der Waals surface area contributed by atoms with Crippen molar-refractivity contribution in [3.8, 4) is 17.2 Å². The molecule has 0 bridgehead atoms. The largest absolute Gasteiger partial charge is 0.497 e. The minimum Gasteiger partial charge on any atom is -0.497 e. The average molecular weight is 458 g/mol. The highest BCUT2D eigenvalue weighted by molar-refractivity contribution is 7.98. The Morgan fingerprint density at radius 2 is 1.70 bits per heavy atom. The number of imidazole rings is 1. The quantitative estimate of drug-likeness (QED) is 0.302. The van der Waals surface area contributed by atoms with Gasteiger partial charge in [0.2, 0.25) is 0 Å². The maximum Gasteiger partial charge on any atom is 0.196 e. The fourth-order valence-electron chi connectivity index (χ4n) is 3.56. The van der Waals surface area contributed by atoms with Crippen LogP contribution in [-0.2, 0) is 12.4 Å². The van der Waals surface area contributed by atoms with Crippen molar-refractivity contribution >= 4 is 17.4 Å². The van der Waals surface area contributed by atoms with E-state index in [2.05, 4.69) is 33.8 Å². The molecule has 0 saturated carbocycles. The number of ether oxygens (including phenoxy) is 2. The van der Waals surface area contributed by atoms with Gasteiger partial charge in [-0.05, 0) is 55.0 Å². The fourth-order valence-corrected chi connectivity index (χ4v) is 4.41. The predicted octanol–water partition coefficient (Wildman–Crippen LogP) is 5.10. The molecule has 3 aromatic heterocycles. The number of methoxy groups -OCH3 is 1. The van der Waals surface area contributed by atoms with Crippen LogP contribution in [0.5, 0.6) is 11.5 Å². The lowest BCUT2D eigenvalue weighted by Crippen LogP contribution is -2.06. The van der Waals surface area contributed by atoms with Crippen LogP contribution >= 0.6 is 11.8 Å². The van der Waals surface area contributed by atoms with E-state index in [0.717, 1.165) is 45.1 Å². The Kier molecular flexibility index (Phi) is 5.99. The van der Waals surface area contributed by atoms with Crippen LogP contribution < -0.4 is 9.47 Å². The third-order valence-electron chi connectivity index (χ3n) is 5.22. The molecule has 0 atom stereocenters. The number of para-hydroxylation sites is 1. The van der Waals surface area contributed by atoms with Crippen molar-refractivity contribution < 1.29 is 9.47 Å². The van der Waals surface area contributed by atoms with E-state index in [-0.39, 0.29) is 0 Å². The molecule has 7 nitrogen and oxygen atoms in total. The molecule has 0 aliphatic rings. The fraction of sp³-hybridized carbons (Fsp3) is 0.160. The molecule has 166 valence electrons. The van der Waals surface area contributed by atoms with Crippen molar-refractivity contribution in [1.82, 2.24) is 24.1 Å². The first-order chi connectivity index (χ1) is 16.2. The molecular weight excluding hydrogens is 434 g/mol. The Hall–Kier alpha value is -3.78. The van der Waals surface area contributed by atoms with Gasteiger partial charge in [-0.15, -0.1) is 10.2 Å². The molecule has 8 heteroatoms. The molecule has 0 aliphatic carbocycles. The lowest BCUT2D eigenvalue weighted by Gasteiger charge is -2.11. The van der Waals surface area contributed by atoms with Gasteiger partial charge in [-0.1, -0.05) is 36.0 Å². The van der Waals surface area contributed by atoms with Crippen molar-refractivity contribution in [3.63, 3.8) is 0 Å². The third kappa shape index (κ3) is 4.56. The zero-order valence-corrected chi connectivity index (χ0v) is 19.2. The summed E-state index contributed by atoms with van der Waals surface area (Å²) >= 11 is 1.60. The van der Waals surface area contributed by atoms with Crippen molar-refractivity contribution in [3.05, 3.63) is 96.2 Å². The lowest BCUT2D eigenvalue weighted by atomic mass is 10.3. The molecule has 5 aromatic rings. The minimum atomic E-state index is 0.294. The molecule has 0 fully saturated rings. The van der Waals surface area contributed by atoms with Crippen molar-refractivity contribution in [2.45, 2.75) is 24.4 Å². The second kappa shape index (κ2) is 9.38. The van der Waals surface area contributed by atoms with Crippen LogP contribution in [0.2, 0.25) is 0 Å². The van der Waals surface area contributed by atoms with Crippen LogP contribution in [0.15, 0.2) is 84.3 Å². The maximum atomic E-state index is 5.98. The predicted molar refractivity (Wildman–Crippen MR) is 128 cm³/mol. The summed E-state index contributed by atoms with van der Waals surface area (Å²) in [6.07, 6.45) is 4.08. The van der Waals surface area contributed by atoms with Crippen LogP contribution in [0.25, 0.3) is 11.3 Å². The number of fused-ring (bicyclic) bond motifs is 1. The molecule has 0 radical (unpaired) electrons. The van der Waals surface area contributed by atoms with Gasteiger partial charge in [0.15, 0.2) is 11.0 Å². The lowest BCUT2D eigenvalue weighted by molar-refractivity contribution is 0.292. The summed E-state index contributed by atoms with van der Waals surface area (Å²) in [5.74, 6) is 2.94. The number of aryl methyl sites for hydroxylation is 1. The van der Waals surface area contributed by atoms with Crippen LogP contribution in [0, 0.1) is 6.92 Å². The first kappa shape index (κ1) is 21.1. The molecule has 3 heterocycles. The van der Waals surface area contributed by atoms with Crippen molar-refractivity contribution in [1.29, 1.82) is 0 Å². The van der Waals surface area contributed by atoms with Crippen LogP contribution in [0.1, 0.15) is 17.1 Å². The number of aromatic nitrogens is 5. The number of benzene rings is 2. The van der Waals surface area contributed by atoms with E-state index in [0.29, 0.717) is 12.4 Å². The zero-order chi connectivity index (χ0) is 22.6. The molecule has 0 unspecified atom stereocenters. The van der Waals surface area contributed by atoms with Gasteiger partial charge in [0, 0.05) is 23.8 Å². The molecule has 0 amide bonds. The van der Waals surface area contributed by atoms with E-state index in [1.54, 1.807) is 18.9 Å². The molecule has 0 spiro atoms. The van der Waals surface area contributed by atoms with Gasteiger partial charge >= 0.3 is 0 Å². The second-order valence-corrected chi connectivity index (χ2v) is 8.42. The first-order valence-electron chi connectivity index (χ1n) is 10.5. The summed E-state index contributed by atoms with van der Waals surface area (Å²) < 4.78 is 15.3. The number of rotatable bonds is 8. The van der Waals surface area contributed by atoms with E-state index in [9.17, 15) is 0 Å². The Labute approximate surface area is 196 Å². The van der Waals surface area contributed by atoms with Gasteiger partial charge in [-0.25, -0.2) is 4.98 Å². The maximum absolute atomic E-state index is 5.98. The van der Waals surface area contributed by atoms with Crippen LogP contribution in [0.4, 0.5) is 0 Å². The highest BCUT2D eigenvalue weighted by Crippen LogP contribution is 2.26. The number of nitrogens with zero attached hydrogens (tertiary/aromatic N) is 5. The van der Waals surface area contributed by atoms with Gasteiger partial charge in [0.25, 0.3) is 0 Å². The SMILES string of the molecule is COc1ccc(OCc2nnc(SCc3cn4cccc(C)c4n3)n2-c2ccccc2)cc1. The molecule has 0 saturated heterocycles. The number of pyridine rings is 1. The average Bonchev–Trinajstić information content (AvgIpc) is 3.47. The standard InChI is InChI=1S/C25H23N5O2S/c1-18-7-6-14-29-15-19(26-24(18)29)17-33-25-28-27-23(30(25)20-8-4-3-5-9-20)16-32-22-12-10-21(31-2)11-13-22/h3-15H,16-17H2,1-2H3. The van der Waals surface area contributed by atoms with E-state index in [4.69, 9.17) is 14.5 Å². The minimum absolute atomic E-state index is 0.294. The number of thioether (sulfide) groups is 1. The van der Waals surface area contributed by atoms with Gasteiger partial charge in [-0.2, -0.15) is 0 Å². The second-order valence-electron chi connectivity index (χ2n) is 7.48. The Morgan fingerprint density at radius 1 is 0.909 bits per heavy atom. The van der Waals surface area contributed by atoms with Gasteiger partial charge in [0.05, 0.1) is 12.8 Å². The third-order valence-corrected chi connectivity index (χ3v) is 6.18. The molecule has 2 aromatic carbocycles. The normalized spacial score (nSPS) is 11.1. The molecule has 0 aliphatic heterocycles. The van der Waals surface area contributed by atoms with Crippen molar-refractivity contribution in [2.24, 2.45) is 0 Å². The topological polar surface area (TPSA) is 66.5 Å². The monoisotopic (exact) mass is 457 g/mol. The molecule has 5 rings (SSSR count).